The summed E-state index contributed by atoms with van der Waals surface area (Å²) in [5, 5.41) is 5.99. The number of carbonyl (C=O) groups is 1. The quantitative estimate of drug-likeness (QED) is 0.702. The second-order valence-electron chi connectivity index (χ2n) is 6.26. The molecule has 2 aromatic carbocycles. The molecule has 134 valence electrons. The van der Waals surface area contributed by atoms with Gasteiger partial charge in [0, 0.05) is 17.5 Å². The van der Waals surface area contributed by atoms with Crippen LogP contribution in [-0.4, -0.2) is 17.5 Å². The molecule has 3 rings (SSSR count). The van der Waals surface area contributed by atoms with Gasteiger partial charge in [0.15, 0.2) is 6.61 Å². The van der Waals surface area contributed by atoms with Crippen molar-refractivity contribution >= 4 is 17.2 Å². The highest BCUT2D eigenvalue weighted by molar-refractivity contribution is 7.09. The number of benzene rings is 2. The molecule has 0 fully saturated rings. The standard InChI is InChI=1S/C21H22N2O2S/c1-14-4-9-19(10-15(14)2)25-12-21(24)22-11-17-5-7-18(8-6-17)20-13-26-16(3)23-20/h4-10,13H,11-12H2,1-3H3,(H,22,24). The summed E-state index contributed by atoms with van der Waals surface area (Å²) in [6.45, 7) is 6.56. The van der Waals surface area contributed by atoms with Gasteiger partial charge in [-0.3, -0.25) is 4.79 Å². The van der Waals surface area contributed by atoms with Crippen LogP contribution in [0.4, 0.5) is 0 Å². The third kappa shape index (κ3) is 4.70. The van der Waals surface area contributed by atoms with E-state index < -0.39 is 0 Å². The summed E-state index contributed by atoms with van der Waals surface area (Å²) in [4.78, 5) is 16.5. The van der Waals surface area contributed by atoms with Gasteiger partial charge in [-0.15, -0.1) is 11.3 Å². The minimum atomic E-state index is -0.137. The van der Waals surface area contributed by atoms with Crippen LogP contribution in [0.1, 0.15) is 21.7 Å². The van der Waals surface area contributed by atoms with Crippen LogP contribution in [0.2, 0.25) is 0 Å². The fourth-order valence-corrected chi connectivity index (χ4v) is 3.12. The van der Waals surface area contributed by atoms with Gasteiger partial charge in [-0.05, 0) is 49.6 Å². The van der Waals surface area contributed by atoms with Crippen LogP contribution in [0, 0.1) is 20.8 Å². The number of aromatic nitrogens is 1. The number of amides is 1. The van der Waals surface area contributed by atoms with Gasteiger partial charge in [0.1, 0.15) is 5.75 Å². The largest absolute Gasteiger partial charge is 0.484 e. The first-order chi connectivity index (χ1) is 12.5. The zero-order valence-corrected chi connectivity index (χ0v) is 16.0. The molecule has 0 aliphatic rings. The molecule has 0 saturated carbocycles. The van der Waals surface area contributed by atoms with Gasteiger partial charge >= 0.3 is 0 Å². The van der Waals surface area contributed by atoms with Crippen molar-refractivity contribution in [1.82, 2.24) is 10.3 Å². The van der Waals surface area contributed by atoms with Crippen molar-refractivity contribution in [3.63, 3.8) is 0 Å². The minimum absolute atomic E-state index is 0.0126. The smallest absolute Gasteiger partial charge is 0.258 e. The molecule has 26 heavy (non-hydrogen) atoms. The SMILES string of the molecule is Cc1nc(-c2ccc(CNC(=O)COc3ccc(C)c(C)c3)cc2)cs1. The molecule has 0 bridgehead atoms. The van der Waals surface area contributed by atoms with Crippen molar-refractivity contribution in [2.75, 3.05) is 6.61 Å². The summed E-state index contributed by atoms with van der Waals surface area (Å²) in [6.07, 6.45) is 0. The van der Waals surface area contributed by atoms with E-state index in [1.54, 1.807) is 11.3 Å². The molecular formula is C21H22N2O2S. The summed E-state index contributed by atoms with van der Waals surface area (Å²) < 4.78 is 5.55. The lowest BCUT2D eigenvalue weighted by Crippen LogP contribution is -2.28. The van der Waals surface area contributed by atoms with E-state index in [1.165, 1.54) is 5.56 Å². The second-order valence-corrected chi connectivity index (χ2v) is 7.32. The van der Waals surface area contributed by atoms with E-state index in [1.807, 2.05) is 63.2 Å². The van der Waals surface area contributed by atoms with Gasteiger partial charge in [-0.2, -0.15) is 0 Å². The average Bonchev–Trinajstić information content (AvgIpc) is 3.08. The van der Waals surface area contributed by atoms with E-state index in [-0.39, 0.29) is 12.5 Å². The molecule has 0 atom stereocenters. The molecule has 1 heterocycles. The van der Waals surface area contributed by atoms with Crippen LogP contribution in [0.25, 0.3) is 11.3 Å². The maximum absolute atomic E-state index is 12.0. The number of nitrogens with zero attached hydrogens (tertiary/aromatic N) is 1. The summed E-state index contributed by atoms with van der Waals surface area (Å²) in [6, 6.07) is 13.9. The van der Waals surface area contributed by atoms with Gasteiger partial charge in [0.2, 0.25) is 0 Å². The number of hydrogen-bond acceptors (Lipinski definition) is 4. The lowest BCUT2D eigenvalue weighted by molar-refractivity contribution is -0.123. The van der Waals surface area contributed by atoms with Crippen LogP contribution in [-0.2, 0) is 11.3 Å². The van der Waals surface area contributed by atoms with Crippen molar-refractivity contribution in [3.8, 4) is 17.0 Å². The normalized spacial score (nSPS) is 10.6. The lowest BCUT2D eigenvalue weighted by Gasteiger charge is -2.09. The van der Waals surface area contributed by atoms with Gasteiger partial charge < -0.3 is 10.1 Å². The first-order valence-corrected chi connectivity index (χ1v) is 9.37. The molecule has 0 unspecified atom stereocenters. The minimum Gasteiger partial charge on any atom is -0.484 e. The predicted octanol–water partition coefficient (Wildman–Crippen LogP) is 4.43. The van der Waals surface area contributed by atoms with E-state index in [0.29, 0.717) is 12.3 Å². The Morgan fingerprint density at radius 2 is 1.85 bits per heavy atom. The fraction of sp³-hybridized carbons (Fsp3) is 0.238. The molecule has 1 N–H and O–H groups in total. The summed E-state index contributed by atoms with van der Waals surface area (Å²) >= 11 is 1.64. The Hall–Kier alpha value is -2.66. The first-order valence-electron chi connectivity index (χ1n) is 8.49. The number of carbonyl (C=O) groups excluding carboxylic acids is 1. The van der Waals surface area contributed by atoms with Crippen molar-refractivity contribution < 1.29 is 9.53 Å². The molecule has 5 heteroatoms. The van der Waals surface area contributed by atoms with Gasteiger partial charge in [0.05, 0.1) is 10.7 Å². The maximum atomic E-state index is 12.0. The monoisotopic (exact) mass is 366 g/mol. The van der Waals surface area contributed by atoms with Gasteiger partial charge in [0.25, 0.3) is 5.91 Å². The Kier molecular flexibility index (Phi) is 5.68. The molecule has 1 amide bonds. The highest BCUT2D eigenvalue weighted by Crippen LogP contribution is 2.21. The number of aryl methyl sites for hydroxylation is 3. The van der Waals surface area contributed by atoms with Crippen LogP contribution in [0.5, 0.6) is 5.75 Å². The maximum Gasteiger partial charge on any atom is 0.258 e. The van der Waals surface area contributed by atoms with E-state index in [4.69, 9.17) is 4.74 Å². The number of rotatable bonds is 6. The van der Waals surface area contributed by atoms with Gasteiger partial charge in [-0.25, -0.2) is 4.98 Å². The molecule has 0 spiro atoms. The van der Waals surface area contributed by atoms with Crippen LogP contribution >= 0.6 is 11.3 Å². The van der Waals surface area contributed by atoms with Crippen LogP contribution in [0.3, 0.4) is 0 Å². The molecule has 0 aliphatic heterocycles. The van der Waals surface area contributed by atoms with Crippen LogP contribution < -0.4 is 10.1 Å². The second kappa shape index (κ2) is 8.15. The third-order valence-corrected chi connectivity index (χ3v) is 4.98. The molecule has 4 nitrogen and oxygen atoms in total. The van der Waals surface area contributed by atoms with E-state index in [2.05, 4.69) is 15.7 Å². The zero-order valence-electron chi connectivity index (χ0n) is 15.2. The Morgan fingerprint density at radius 3 is 2.50 bits per heavy atom. The Labute approximate surface area is 157 Å². The topological polar surface area (TPSA) is 51.2 Å². The number of thiazole rings is 1. The average molecular weight is 366 g/mol. The van der Waals surface area contributed by atoms with Crippen molar-refractivity contribution in [2.45, 2.75) is 27.3 Å². The number of ether oxygens (including phenoxy) is 1. The zero-order chi connectivity index (χ0) is 18.5. The van der Waals surface area contributed by atoms with E-state index >= 15 is 0 Å². The summed E-state index contributed by atoms with van der Waals surface area (Å²) in [5.41, 5.74) is 5.48. The molecule has 1 aromatic heterocycles. The third-order valence-electron chi connectivity index (χ3n) is 4.21. The van der Waals surface area contributed by atoms with Gasteiger partial charge in [-0.1, -0.05) is 30.3 Å². The number of nitrogens with one attached hydrogen (secondary N) is 1. The molecule has 0 radical (unpaired) electrons. The summed E-state index contributed by atoms with van der Waals surface area (Å²) in [7, 11) is 0. The highest BCUT2D eigenvalue weighted by atomic mass is 32.1. The van der Waals surface area contributed by atoms with Crippen LogP contribution in [0.15, 0.2) is 47.8 Å². The molecule has 0 aliphatic carbocycles. The Balaban J connectivity index is 1.48. The first kappa shape index (κ1) is 18.1. The Morgan fingerprint density at radius 1 is 1.08 bits per heavy atom. The number of hydrogen-bond donors (Lipinski definition) is 1. The van der Waals surface area contributed by atoms with Crippen molar-refractivity contribution in [1.29, 1.82) is 0 Å². The highest BCUT2D eigenvalue weighted by Gasteiger charge is 2.05. The molecule has 0 saturated heterocycles. The lowest BCUT2D eigenvalue weighted by atomic mass is 10.1. The van der Waals surface area contributed by atoms with Crippen molar-refractivity contribution in [3.05, 3.63) is 69.5 Å². The summed E-state index contributed by atoms with van der Waals surface area (Å²) in [5.74, 6) is 0.577. The molecular weight excluding hydrogens is 344 g/mol. The van der Waals surface area contributed by atoms with Crippen molar-refractivity contribution in [2.24, 2.45) is 0 Å². The Bertz CT molecular complexity index is 901. The fourth-order valence-electron chi connectivity index (χ4n) is 2.49. The van der Waals surface area contributed by atoms with E-state index in [9.17, 15) is 4.79 Å². The van der Waals surface area contributed by atoms with E-state index in [0.717, 1.165) is 27.4 Å². The predicted molar refractivity (Wildman–Crippen MR) is 106 cm³/mol. The molecule has 3 aromatic rings.